The highest BCUT2D eigenvalue weighted by molar-refractivity contribution is 7.13. The van der Waals surface area contributed by atoms with E-state index < -0.39 is 0 Å². The number of hydrogen-bond donors (Lipinski definition) is 0. The highest BCUT2D eigenvalue weighted by Gasteiger charge is 2.44. The molecule has 8 rings (SSSR count). The van der Waals surface area contributed by atoms with Gasteiger partial charge in [-0.2, -0.15) is 0 Å². The average molecular weight is 953 g/mol. The molecule has 70 heavy (non-hydrogen) atoms. The van der Waals surface area contributed by atoms with Crippen molar-refractivity contribution in [3.8, 4) is 32.7 Å². The van der Waals surface area contributed by atoms with Crippen LogP contribution < -0.4 is 4.90 Å². The molecule has 372 valence electrons. The molecule has 2 heteroatoms. The van der Waals surface area contributed by atoms with Crippen molar-refractivity contribution < 1.29 is 0 Å². The lowest BCUT2D eigenvalue weighted by molar-refractivity contribution is 0.398. The minimum Gasteiger partial charge on any atom is -0.310 e. The molecular formula is C68H89NS. The molecule has 0 amide bonds. The summed E-state index contributed by atoms with van der Waals surface area (Å²) >= 11 is 1.83. The van der Waals surface area contributed by atoms with Gasteiger partial charge < -0.3 is 4.90 Å². The summed E-state index contributed by atoms with van der Waals surface area (Å²) in [6.07, 6.45) is 36.9. The standard InChI is InChI=1S/C68H89NS/c1-5-9-13-17-21-29-47-67(48-30-22-18-14-10-6-2)62-36-27-25-34-58(62)60-45-43-56(52-64(60)67)69(55-41-39-54(40-42-55)66-38-33-51-70-66)57-44-46-61-59-35-26-28-37-63(59)68(65(61)53-57,49-31-23-19-15-11-7-3)50-32-24-20-16-12-8-4/h25-28,33-46,51-53H,5-24,29-32,47-50H2,1-4H3. The van der Waals surface area contributed by atoms with Gasteiger partial charge in [0, 0.05) is 32.8 Å². The number of unbranched alkanes of at least 4 members (excludes halogenated alkanes) is 20. The van der Waals surface area contributed by atoms with Crippen LogP contribution in [0.2, 0.25) is 0 Å². The molecule has 0 atom stereocenters. The third-order valence-corrected chi connectivity index (χ3v) is 17.7. The molecule has 2 aliphatic carbocycles. The molecular weight excluding hydrogens is 863 g/mol. The minimum atomic E-state index is 0.0230. The summed E-state index contributed by atoms with van der Waals surface area (Å²) in [6, 6.07) is 48.4. The van der Waals surface area contributed by atoms with Gasteiger partial charge in [0.25, 0.3) is 0 Å². The topological polar surface area (TPSA) is 3.24 Å². The molecule has 1 heterocycles. The summed E-state index contributed by atoms with van der Waals surface area (Å²) in [6.45, 7) is 9.36. The van der Waals surface area contributed by atoms with E-state index in [0.29, 0.717) is 0 Å². The third kappa shape index (κ3) is 11.9. The van der Waals surface area contributed by atoms with Crippen LogP contribution >= 0.6 is 11.3 Å². The molecule has 0 saturated heterocycles. The fourth-order valence-electron chi connectivity index (χ4n) is 13.0. The largest absolute Gasteiger partial charge is 0.310 e. The smallest absolute Gasteiger partial charge is 0.0465 e. The molecule has 0 spiro atoms. The maximum atomic E-state index is 2.68. The van der Waals surface area contributed by atoms with Crippen molar-refractivity contribution in [2.75, 3.05) is 4.90 Å². The Morgan fingerprint density at radius 3 is 1.07 bits per heavy atom. The van der Waals surface area contributed by atoms with E-state index in [2.05, 4.69) is 159 Å². The van der Waals surface area contributed by atoms with Crippen molar-refractivity contribution in [2.45, 2.75) is 218 Å². The number of thiophene rings is 1. The first-order chi connectivity index (χ1) is 34.6. The van der Waals surface area contributed by atoms with Crippen molar-refractivity contribution in [1.29, 1.82) is 0 Å². The Bertz CT molecular complexity index is 2300. The van der Waals surface area contributed by atoms with Gasteiger partial charge in [0.2, 0.25) is 0 Å². The van der Waals surface area contributed by atoms with Crippen LogP contribution in [0.4, 0.5) is 17.1 Å². The Kier molecular flexibility index (Phi) is 19.5. The van der Waals surface area contributed by atoms with Crippen molar-refractivity contribution in [2.24, 2.45) is 0 Å². The molecule has 2 aliphatic rings. The van der Waals surface area contributed by atoms with Crippen LogP contribution in [0, 0.1) is 0 Å². The van der Waals surface area contributed by atoms with E-state index in [1.165, 1.54) is 230 Å². The van der Waals surface area contributed by atoms with E-state index in [4.69, 9.17) is 0 Å². The maximum absolute atomic E-state index is 2.68. The lowest BCUT2D eigenvalue weighted by Gasteiger charge is -2.35. The van der Waals surface area contributed by atoms with Gasteiger partial charge in [-0.15, -0.1) is 11.3 Å². The van der Waals surface area contributed by atoms with Gasteiger partial charge in [-0.05, 0) is 124 Å². The fourth-order valence-corrected chi connectivity index (χ4v) is 13.7. The summed E-state index contributed by atoms with van der Waals surface area (Å²) in [7, 11) is 0. The molecule has 0 N–H and O–H groups in total. The second-order valence-corrected chi connectivity index (χ2v) is 22.6. The van der Waals surface area contributed by atoms with Gasteiger partial charge in [-0.1, -0.05) is 261 Å². The Balaban J connectivity index is 1.24. The van der Waals surface area contributed by atoms with Crippen LogP contribution in [0.5, 0.6) is 0 Å². The molecule has 0 radical (unpaired) electrons. The molecule has 0 fully saturated rings. The number of rotatable bonds is 32. The number of fused-ring (bicyclic) bond motifs is 6. The summed E-state index contributed by atoms with van der Waals surface area (Å²) < 4.78 is 0. The van der Waals surface area contributed by atoms with Gasteiger partial charge in [-0.25, -0.2) is 0 Å². The lowest BCUT2D eigenvalue weighted by atomic mass is 9.70. The molecule has 0 unspecified atom stereocenters. The molecule has 0 aliphatic heterocycles. The Morgan fingerprint density at radius 1 is 0.329 bits per heavy atom. The first-order valence-corrected chi connectivity index (χ1v) is 29.9. The highest BCUT2D eigenvalue weighted by Crippen LogP contribution is 2.58. The van der Waals surface area contributed by atoms with Crippen LogP contribution in [-0.4, -0.2) is 0 Å². The summed E-state index contributed by atoms with van der Waals surface area (Å²) in [5.74, 6) is 0. The van der Waals surface area contributed by atoms with Crippen LogP contribution in [0.1, 0.15) is 230 Å². The zero-order chi connectivity index (χ0) is 48.4. The predicted octanol–water partition coefficient (Wildman–Crippen LogP) is 22.4. The third-order valence-electron chi connectivity index (χ3n) is 16.8. The van der Waals surface area contributed by atoms with Crippen LogP contribution in [0.25, 0.3) is 32.7 Å². The van der Waals surface area contributed by atoms with E-state index in [9.17, 15) is 0 Å². The van der Waals surface area contributed by atoms with Crippen LogP contribution in [0.15, 0.2) is 127 Å². The van der Waals surface area contributed by atoms with Gasteiger partial charge in [0.05, 0.1) is 0 Å². The van der Waals surface area contributed by atoms with Gasteiger partial charge >= 0.3 is 0 Å². The van der Waals surface area contributed by atoms with E-state index in [-0.39, 0.29) is 10.8 Å². The predicted molar refractivity (Wildman–Crippen MR) is 309 cm³/mol. The van der Waals surface area contributed by atoms with Crippen LogP contribution in [-0.2, 0) is 10.8 Å². The molecule has 0 saturated carbocycles. The van der Waals surface area contributed by atoms with Gasteiger partial charge in [0.1, 0.15) is 0 Å². The van der Waals surface area contributed by atoms with E-state index in [1.807, 2.05) is 11.3 Å². The number of anilines is 3. The minimum absolute atomic E-state index is 0.0230. The van der Waals surface area contributed by atoms with E-state index >= 15 is 0 Å². The Labute approximate surface area is 431 Å². The number of nitrogens with zero attached hydrogens (tertiary/aromatic N) is 1. The summed E-state index contributed by atoms with van der Waals surface area (Å²) in [4.78, 5) is 3.97. The highest BCUT2D eigenvalue weighted by atomic mass is 32.1. The van der Waals surface area contributed by atoms with Crippen LogP contribution in [0.3, 0.4) is 0 Å². The lowest BCUT2D eigenvalue weighted by Crippen LogP contribution is -2.26. The Morgan fingerprint density at radius 2 is 0.686 bits per heavy atom. The first-order valence-electron chi connectivity index (χ1n) is 29.0. The Hall–Kier alpha value is -4.40. The van der Waals surface area contributed by atoms with E-state index in [0.717, 1.165) is 0 Å². The molecule has 1 aromatic heterocycles. The number of hydrogen-bond acceptors (Lipinski definition) is 2. The summed E-state index contributed by atoms with van der Waals surface area (Å²) in [5.41, 5.74) is 17.3. The SMILES string of the molecule is CCCCCCCCC1(CCCCCCCC)c2ccccc2-c2ccc(N(c3ccc(-c4cccs4)cc3)c3ccc4c(c3)C(CCCCCCCC)(CCCCCCCC)c3ccccc3-4)cc21. The molecule has 1 nitrogen and oxygen atoms in total. The van der Waals surface area contributed by atoms with Crippen molar-refractivity contribution in [1.82, 2.24) is 0 Å². The first kappa shape index (κ1) is 51.9. The van der Waals surface area contributed by atoms with E-state index in [1.54, 1.807) is 22.3 Å². The molecule has 6 aromatic rings. The molecule has 5 aromatic carbocycles. The zero-order valence-corrected chi connectivity index (χ0v) is 45.1. The molecule has 0 bridgehead atoms. The van der Waals surface area contributed by atoms with Gasteiger partial charge in [0.15, 0.2) is 0 Å². The maximum Gasteiger partial charge on any atom is 0.0465 e. The van der Waals surface area contributed by atoms with Crippen molar-refractivity contribution in [3.63, 3.8) is 0 Å². The second-order valence-electron chi connectivity index (χ2n) is 21.6. The fraction of sp³-hybridized carbons (Fsp3) is 0.500. The normalized spacial score (nSPS) is 13.8. The van der Waals surface area contributed by atoms with Crippen molar-refractivity contribution in [3.05, 3.63) is 149 Å². The zero-order valence-electron chi connectivity index (χ0n) is 44.3. The van der Waals surface area contributed by atoms with Crippen molar-refractivity contribution >= 4 is 28.4 Å². The average Bonchev–Trinajstić information content (AvgIpc) is 4.10. The number of benzene rings is 5. The second kappa shape index (κ2) is 26.3. The summed E-state index contributed by atoms with van der Waals surface area (Å²) in [5, 5.41) is 2.20. The monoisotopic (exact) mass is 952 g/mol. The quantitative estimate of drug-likeness (QED) is 0.0381. The van der Waals surface area contributed by atoms with Gasteiger partial charge in [-0.3, -0.25) is 0 Å².